The number of nitrogens with one attached hydrogen (secondary N) is 1. The molecule has 11 heteroatoms. The number of carbonyl (C=O) groups is 1. The van der Waals surface area contributed by atoms with Crippen LogP contribution in [0.25, 0.3) is 11.3 Å². The fourth-order valence-electron chi connectivity index (χ4n) is 4.74. The lowest BCUT2D eigenvalue weighted by Gasteiger charge is -2.37. The Morgan fingerprint density at radius 1 is 0.907 bits per heavy atom. The van der Waals surface area contributed by atoms with Gasteiger partial charge in [0.15, 0.2) is 5.16 Å². The number of aromatic nitrogens is 2. The molecular formula is C32H32F3N5O2S. The molecule has 0 saturated carbocycles. The predicted molar refractivity (Wildman–Crippen MR) is 164 cm³/mol. The van der Waals surface area contributed by atoms with Crippen molar-refractivity contribution in [3.8, 4) is 11.3 Å². The van der Waals surface area contributed by atoms with Crippen molar-refractivity contribution < 1.29 is 22.7 Å². The standard InChI is InChI=1S/C32H32F3N5O2S/c1-42-19-14-36-30(41)25-12-10-23(11-13-25)22-43-31-37-28(24-6-3-2-4-7-24)21-29(38-31)40-17-15-39(16-18-40)27-9-5-8-26(20-27)32(33,34)35/h2-13,20-21H,14-19,22H2,1H3,(H,36,41). The molecule has 0 radical (unpaired) electrons. The van der Waals surface area contributed by atoms with Crippen LogP contribution in [0.2, 0.25) is 0 Å². The summed E-state index contributed by atoms with van der Waals surface area (Å²) >= 11 is 1.51. The monoisotopic (exact) mass is 607 g/mol. The Bertz CT molecular complexity index is 1510. The van der Waals surface area contributed by atoms with Crippen molar-refractivity contribution in [1.29, 1.82) is 0 Å². The van der Waals surface area contributed by atoms with Gasteiger partial charge >= 0.3 is 6.18 Å². The molecule has 2 heterocycles. The van der Waals surface area contributed by atoms with Gasteiger partial charge in [0, 0.05) is 68.5 Å². The number of piperazine rings is 1. The first-order valence-corrected chi connectivity index (χ1v) is 14.9. The lowest BCUT2D eigenvalue weighted by atomic mass is 10.1. The maximum Gasteiger partial charge on any atom is 0.416 e. The van der Waals surface area contributed by atoms with Gasteiger partial charge in [0.25, 0.3) is 5.91 Å². The van der Waals surface area contributed by atoms with Crippen molar-refractivity contribution in [1.82, 2.24) is 15.3 Å². The van der Waals surface area contributed by atoms with Gasteiger partial charge in [0.1, 0.15) is 5.82 Å². The second-order valence-electron chi connectivity index (χ2n) is 10.0. The largest absolute Gasteiger partial charge is 0.416 e. The van der Waals surface area contributed by atoms with Crippen LogP contribution < -0.4 is 15.1 Å². The highest BCUT2D eigenvalue weighted by atomic mass is 32.2. The molecule has 3 aromatic carbocycles. The number of amides is 1. The summed E-state index contributed by atoms with van der Waals surface area (Å²) in [4.78, 5) is 26.1. The van der Waals surface area contributed by atoms with Gasteiger partial charge in [-0.1, -0.05) is 60.3 Å². The number of methoxy groups -OCH3 is 1. The van der Waals surface area contributed by atoms with E-state index in [9.17, 15) is 18.0 Å². The van der Waals surface area contributed by atoms with E-state index in [0.29, 0.717) is 61.5 Å². The van der Waals surface area contributed by atoms with Crippen LogP contribution in [-0.4, -0.2) is 62.3 Å². The summed E-state index contributed by atoms with van der Waals surface area (Å²) in [5.41, 5.74) is 3.31. The molecule has 1 saturated heterocycles. The molecule has 1 aromatic heterocycles. The number of nitrogens with zero attached hydrogens (tertiary/aromatic N) is 4. The Balaban J connectivity index is 1.29. The number of benzene rings is 3. The zero-order valence-electron chi connectivity index (χ0n) is 23.7. The van der Waals surface area contributed by atoms with Gasteiger partial charge in [-0.25, -0.2) is 9.97 Å². The SMILES string of the molecule is COCCNC(=O)c1ccc(CSc2nc(-c3ccccc3)cc(N3CCN(c4cccc(C(F)(F)F)c4)CC3)n2)cc1. The third kappa shape index (κ3) is 8.05. The van der Waals surface area contributed by atoms with Crippen molar-refractivity contribution >= 4 is 29.2 Å². The van der Waals surface area contributed by atoms with E-state index in [-0.39, 0.29) is 5.91 Å². The Morgan fingerprint density at radius 3 is 2.33 bits per heavy atom. The minimum atomic E-state index is -4.37. The molecule has 1 aliphatic rings. The van der Waals surface area contributed by atoms with Gasteiger partial charge < -0.3 is 19.9 Å². The molecule has 0 bridgehead atoms. The Kier molecular flexibility index (Phi) is 9.83. The summed E-state index contributed by atoms with van der Waals surface area (Å²) in [6, 6.07) is 24.8. The van der Waals surface area contributed by atoms with Crippen molar-refractivity contribution in [3.63, 3.8) is 0 Å². The number of hydrogen-bond acceptors (Lipinski definition) is 7. The Hall–Kier alpha value is -4.09. The van der Waals surface area contributed by atoms with Gasteiger partial charge in [-0.05, 0) is 35.9 Å². The molecule has 0 unspecified atom stereocenters. The van der Waals surface area contributed by atoms with Crippen molar-refractivity contribution in [2.75, 3.05) is 56.2 Å². The summed E-state index contributed by atoms with van der Waals surface area (Å²) < 4.78 is 44.7. The van der Waals surface area contributed by atoms with E-state index in [1.54, 1.807) is 25.3 Å². The summed E-state index contributed by atoms with van der Waals surface area (Å²) in [6.07, 6.45) is -4.37. The molecule has 43 heavy (non-hydrogen) atoms. The molecule has 1 N–H and O–H groups in total. The molecule has 1 amide bonds. The van der Waals surface area contributed by atoms with E-state index in [2.05, 4.69) is 10.2 Å². The molecule has 0 aliphatic carbocycles. The van der Waals surface area contributed by atoms with Gasteiger partial charge in [0.05, 0.1) is 17.9 Å². The van der Waals surface area contributed by atoms with Crippen LogP contribution in [0.5, 0.6) is 0 Å². The fourth-order valence-corrected chi connectivity index (χ4v) is 5.55. The van der Waals surface area contributed by atoms with E-state index in [1.807, 2.05) is 53.4 Å². The minimum Gasteiger partial charge on any atom is -0.383 e. The zero-order valence-corrected chi connectivity index (χ0v) is 24.5. The van der Waals surface area contributed by atoms with E-state index >= 15 is 0 Å². The highest BCUT2D eigenvalue weighted by molar-refractivity contribution is 7.98. The van der Waals surface area contributed by atoms with Crippen LogP contribution in [0.15, 0.2) is 90.1 Å². The molecule has 0 atom stereocenters. The number of ether oxygens (including phenoxy) is 1. The van der Waals surface area contributed by atoms with Crippen molar-refractivity contribution in [2.24, 2.45) is 0 Å². The topological polar surface area (TPSA) is 70.6 Å². The summed E-state index contributed by atoms with van der Waals surface area (Å²) in [7, 11) is 1.59. The first-order chi connectivity index (χ1) is 20.8. The van der Waals surface area contributed by atoms with Gasteiger partial charge in [-0.2, -0.15) is 13.2 Å². The van der Waals surface area contributed by atoms with Crippen LogP contribution in [0.4, 0.5) is 24.7 Å². The molecule has 7 nitrogen and oxygen atoms in total. The summed E-state index contributed by atoms with van der Waals surface area (Å²) in [5, 5.41) is 3.44. The van der Waals surface area contributed by atoms with Gasteiger partial charge in [-0.3, -0.25) is 4.79 Å². The molecule has 0 spiro atoms. The summed E-state index contributed by atoms with van der Waals surface area (Å²) in [5.74, 6) is 1.25. The van der Waals surface area contributed by atoms with E-state index in [0.717, 1.165) is 28.7 Å². The van der Waals surface area contributed by atoms with E-state index in [1.165, 1.54) is 23.9 Å². The van der Waals surface area contributed by atoms with Crippen LogP contribution in [0, 0.1) is 0 Å². The Morgan fingerprint density at radius 2 is 1.63 bits per heavy atom. The first kappa shape index (κ1) is 30.4. The van der Waals surface area contributed by atoms with Crippen LogP contribution in [0.3, 0.4) is 0 Å². The smallest absolute Gasteiger partial charge is 0.383 e. The van der Waals surface area contributed by atoms with Crippen LogP contribution in [0.1, 0.15) is 21.5 Å². The molecular weight excluding hydrogens is 575 g/mol. The average molecular weight is 608 g/mol. The van der Waals surface area contributed by atoms with E-state index in [4.69, 9.17) is 14.7 Å². The first-order valence-electron chi connectivity index (χ1n) is 13.9. The van der Waals surface area contributed by atoms with Gasteiger partial charge in [0.2, 0.25) is 0 Å². The van der Waals surface area contributed by atoms with Crippen molar-refractivity contribution in [3.05, 3.63) is 102 Å². The van der Waals surface area contributed by atoms with Crippen molar-refractivity contribution in [2.45, 2.75) is 17.1 Å². The fraction of sp³-hybridized carbons (Fsp3) is 0.281. The molecule has 1 fully saturated rings. The predicted octanol–water partition coefficient (Wildman–Crippen LogP) is 6.16. The molecule has 1 aliphatic heterocycles. The second kappa shape index (κ2) is 13.9. The number of alkyl halides is 3. The normalized spacial score (nSPS) is 13.7. The number of halogens is 3. The number of hydrogen-bond donors (Lipinski definition) is 1. The Labute approximate surface area is 253 Å². The zero-order chi connectivity index (χ0) is 30.2. The molecule has 5 rings (SSSR count). The number of rotatable bonds is 10. The maximum atomic E-state index is 13.2. The number of thioether (sulfide) groups is 1. The third-order valence-corrected chi connectivity index (χ3v) is 8.00. The lowest BCUT2D eigenvalue weighted by Crippen LogP contribution is -2.47. The average Bonchev–Trinajstić information content (AvgIpc) is 3.04. The quantitative estimate of drug-likeness (QED) is 0.132. The number of carbonyl (C=O) groups excluding carboxylic acids is 1. The van der Waals surface area contributed by atoms with Crippen LogP contribution in [-0.2, 0) is 16.7 Å². The molecule has 4 aromatic rings. The second-order valence-corrected chi connectivity index (χ2v) is 11.0. The minimum absolute atomic E-state index is 0.145. The highest BCUT2D eigenvalue weighted by Gasteiger charge is 2.31. The third-order valence-electron chi connectivity index (χ3n) is 7.08. The maximum absolute atomic E-state index is 13.2. The van der Waals surface area contributed by atoms with Crippen LogP contribution >= 0.6 is 11.8 Å². The van der Waals surface area contributed by atoms with E-state index < -0.39 is 11.7 Å². The van der Waals surface area contributed by atoms with Gasteiger partial charge in [-0.15, -0.1) is 0 Å². The lowest BCUT2D eigenvalue weighted by molar-refractivity contribution is -0.137. The molecule has 224 valence electrons. The summed E-state index contributed by atoms with van der Waals surface area (Å²) in [6.45, 7) is 3.26. The number of anilines is 2. The highest BCUT2D eigenvalue weighted by Crippen LogP contribution is 2.33.